The Labute approximate surface area is 118 Å². The van der Waals surface area contributed by atoms with E-state index in [2.05, 4.69) is 0 Å². The highest BCUT2D eigenvalue weighted by molar-refractivity contribution is 5.97. The van der Waals surface area contributed by atoms with Crippen LogP contribution < -0.4 is 4.90 Å². The number of hydrogen-bond acceptors (Lipinski definition) is 2. The highest BCUT2D eigenvalue weighted by Gasteiger charge is 2.35. The topological polar surface area (TPSA) is 57.6 Å². The molecule has 4 heteroatoms. The normalized spacial score (nSPS) is 22.6. The monoisotopic (exact) mass is 273 g/mol. The molecule has 20 heavy (non-hydrogen) atoms. The van der Waals surface area contributed by atoms with Crippen molar-refractivity contribution >= 4 is 17.6 Å². The van der Waals surface area contributed by atoms with E-state index in [9.17, 15) is 14.7 Å². The number of benzene rings is 1. The number of nitrogens with zero attached hydrogens (tertiary/aromatic N) is 1. The van der Waals surface area contributed by atoms with E-state index in [1.54, 1.807) is 4.90 Å². The molecule has 0 radical (unpaired) electrons. The summed E-state index contributed by atoms with van der Waals surface area (Å²) in [5.41, 5.74) is 1.87. The summed E-state index contributed by atoms with van der Waals surface area (Å²) in [7, 11) is 0. The van der Waals surface area contributed by atoms with Crippen molar-refractivity contribution in [2.75, 3.05) is 11.4 Å². The van der Waals surface area contributed by atoms with Crippen molar-refractivity contribution in [1.82, 2.24) is 0 Å². The Hall–Kier alpha value is -1.84. The maximum Gasteiger partial charge on any atom is 0.308 e. The van der Waals surface area contributed by atoms with E-state index in [0.29, 0.717) is 13.0 Å². The molecule has 3 rings (SSSR count). The number of para-hydroxylation sites is 1. The van der Waals surface area contributed by atoms with Gasteiger partial charge in [-0.3, -0.25) is 9.59 Å². The number of carboxylic acids is 1. The minimum Gasteiger partial charge on any atom is -0.481 e. The lowest BCUT2D eigenvalue weighted by Crippen LogP contribution is -2.44. The zero-order valence-electron chi connectivity index (χ0n) is 11.4. The summed E-state index contributed by atoms with van der Waals surface area (Å²) in [5, 5.41) is 9.29. The van der Waals surface area contributed by atoms with Gasteiger partial charge in [0.15, 0.2) is 0 Å². The number of anilines is 1. The first-order chi connectivity index (χ1) is 9.66. The van der Waals surface area contributed by atoms with Gasteiger partial charge in [0, 0.05) is 18.2 Å². The second-order valence-corrected chi connectivity index (χ2v) is 5.80. The lowest BCUT2D eigenvalue weighted by Gasteiger charge is -2.34. The molecule has 1 aromatic rings. The van der Waals surface area contributed by atoms with Gasteiger partial charge in [-0.2, -0.15) is 0 Å². The van der Waals surface area contributed by atoms with E-state index in [-0.39, 0.29) is 11.8 Å². The third-order valence-corrected chi connectivity index (χ3v) is 4.47. The van der Waals surface area contributed by atoms with E-state index in [4.69, 9.17) is 0 Å². The summed E-state index contributed by atoms with van der Waals surface area (Å²) < 4.78 is 0. The van der Waals surface area contributed by atoms with Gasteiger partial charge in [0.1, 0.15) is 0 Å². The lowest BCUT2D eigenvalue weighted by molar-refractivity contribution is -0.141. The van der Waals surface area contributed by atoms with Gasteiger partial charge >= 0.3 is 5.97 Å². The summed E-state index contributed by atoms with van der Waals surface area (Å²) in [6.45, 7) is 0.307. The van der Waals surface area contributed by atoms with Crippen molar-refractivity contribution in [2.45, 2.75) is 32.1 Å². The van der Waals surface area contributed by atoms with Crippen molar-refractivity contribution in [3.05, 3.63) is 29.8 Å². The highest BCUT2D eigenvalue weighted by atomic mass is 16.4. The molecule has 0 aromatic heterocycles. The summed E-state index contributed by atoms with van der Waals surface area (Å²) in [4.78, 5) is 25.7. The van der Waals surface area contributed by atoms with E-state index in [0.717, 1.165) is 36.9 Å². The Morgan fingerprint density at radius 2 is 1.80 bits per heavy atom. The average molecular weight is 273 g/mol. The third kappa shape index (κ3) is 2.30. The van der Waals surface area contributed by atoms with Crippen molar-refractivity contribution < 1.29 is 14.7 Å². The van der Waals surface area contributed by atoms with Gasteiger partial charge in [0.2, 0.25) is 5.91 Å². The van der Waals surface area contributed by atoms with Crippen LogP contribution in [-0.4, -0.2) is 23.5 Å². The number of fused-ring (bicyclic) bond motifs is 1. The van der Waals surface area contributed by atoms with Crippen LogP contribution >= 0.6 is 0 Å². The van der Waals surface area contributed by atoms with Crippen molar-refractivity contribution in [1.29, 1.82) is 0 Å². The van der Waals surface area contributed by atoms with Gasteiger partial charge in [-0.25, -0.2) is 0 Å². The molecule has 1 aromatic carbocycles. The summed E-state index contributed by atoms with van der Waals surface area (Å²) in [6.07, 6.45) is 4.60. The number of carbonyl (C=O) groups excluding carboxylic acids is 1. The molecule has 0 spiro atoms. The van der Waals surface area contributed by atoms with Crippen molar-refractivity contribution in [3.63, 3.8) is 0 Å². The molecule has 1 aliphatic carbocycles. The fourth-order valence-electron chi connectivity index (χ4n) is 3.36. The summed E-state index contributed by atoms with van der Waals surface area (Å²) >= 11 is 0. The number of carbonyl (C=O) groups is 2. The number of rotatable bonds is 2. The van der Waals surface area contributed by atoms with Crippen LogP contribution in [0.2, 0.25) is 0 Å². The number of carboxylic acid groups (broad SMARTS) is 1. The maximum absolute atomic E-state index is 12.7. The van der Waals surface area contributed by atoms with Gasteiger partial charge in [-0.15, -0.1) is 0 Å². The van der Waals surface area contributed by atoms with Crippen molar-refractivity contribution in [2.24, 2.45) is 11.8 Å². The lowest BCUT2D eigenvalue weighted by atomic mass is 9.91. The van der Waals surface area contributed by atoms with Crippen LogP contribution in [0.25, 0.3) is 0 Å². The Balaban J connectivity index is 1.91. The molecule has 1 fully saturated rings. The third-order valence-electron chi connectivity index (χ3n) is 4.47. The fraction of sp³-hybridized carbons (Fsp3) is 0.500. The fourth-order valence-corrected chi connectivity index (χ4v) is 3.36. The Morgan fingerprint density at radius 3 is 2.50 bits per heavy atom. The Morgan fingerprint density at radius 1 is 1.10 bits per heavy atom. The Kier molecular flexibility index (Phi) is 3.47. The van der Waals surface area contributed by atoms with Gasteiger partial charge < -0.3 is 10.0 Å². The molecule has 4 nitrogen and oxygen atoms in total. The molecule has 1 saturated carbocycles. The first kappa shape index (κ1) is 13.2. The predicted octanol–water partition coefficient (Wildman–Crippen LogP) is 2.47. The minimum atomic E-state index is -0.816. The molecule has 1 aliphatic heterocycles. The molecule has 1 atom stereocenters. The van der Waals surface area contributed by atoms with Crippen LogP contribution in [0, 0.1) is 11.8 Å². The first-order valence-corrected chi connectivity index (χ1v) is 7.29. The maximum atomic E-state index is 12.7. The second-order valence-electron chi connectivity index (χ2n) is 5.80. The summed E-state index contributed by atoms with van der Waals surface area (Å²) in [5.74, 6) is -1.12. The zero-order chi connectivity index (χ0) is 14.1. The molecule has 0 bridgehead atoms. The van der Waals surface area contributed by atoms with Gasteiger partial charge in [-0.05, 0) is 30.9 Å². The molecular weight excluding hydrogens is 254 g/mol. The van der Waals surface area contributed by atoms with E-state index in [1.807, 2.05) is 24.3 Å². The van der Waals surface area contributed by atoms with E-state index >= 15 is 0 Å². The van der Waals surface area contributed by atoms with Crippen molar-refractivity contribution in [3.8, 4) is 0 Å². The van der Waals surface area contributed by atoms with Crippen LogP contribution in [0.1, 0.15) is 31.2 Å². The van der Waals surface area contributed by atoms with Crippen LogP contribution in [-0.2, 0) is 16.0 Å². The van der Waals surface area contributed by atoms with Gasteiger partial charge in [-0.1, -0.05) is 31.0 Å². The largest absolute Gasteiger partial charge is 0.481 e. The molecule has 106 valence electrons. The molecule has 1 amide bonds. The SMILES string of the molecule is O=C(O)C1Cc2ccccc2N(C(=O)C2CCCC2)C1. The summed E-state index contributed by atoms with van der Waals surface area (Å²) in [6, 6.07) is 7.68. The van der Waals surface area contributed by atoms with Crippen LogP contribution in [0.3, 0.4) is 0 Å². The first-order valence-electron chi connectivity index (χ1n) is 7.29. The second kappa shape index (κ2) is 5.27. The predicted molar refractivity (Wildman–Crippen MR) is 75.6 cm³/mol. The van der Waals surface area contributed by atoms with Crippen LogP contribution in [0.4, 0.5) is 5.69 Å². The van der Waals surface area contributed by atoms with Gasteiger partial charge in [0.25, 0.3) is 0 Å². The molecule has 1 heterocycles. The van der Waals surface area contributed by atoms with Gasteiger partial charge in [0.05, 0.1) is 5.92 Å². The van der Waals surface area contributed by atoms with Crippen LogP contribution in [0.15, 0.2) is 24.3 Å². The van der Waals surface area contributed by atoms with Crippen LogP contribution in [0.5, 0.6) is 0 Å². The number of hydrogen-bond donors (Lipinski definition) is 1. The molecular formula is C16H19NO3. The zero-order valence-corrected chi connectivity index (χ0v) is 11.4. The average Bonchev–Trinajstić information content (AvgIpc) is 2.99. The Bertz CT molecular complexity index is 534. The highest BCUT2D eigenvalue weighted by Crippen LogP contribution is 2.34. The quantitative estimate of drug-likeness (QED) is 0.900. The van der Waals surface area contributed by atoms with E-state index in [1.165, 1.54) is 0 Å². The minimum absolute atomic E-state index is 0.0793. The smallest absolute Gasteiger partial charge is 0.308 e. The standard InChI is InChI=1S/C16H19NO3/c18-15(11-5-1-2-6-11)17-10-13(16(19)20)9-12-7-3-4-8-14(12)17/h3-4,7-8,11,13H,1-2,5-6,9-10H2,(H,19,20). The van der Waals surface area contributed by atoms with E-state index < -0.39 is 11.9 Å². The molecule has 1 N–H and O–H groups in total. The molecule has 2 aliphatic rings. The molecule has 0 saturated heterocycles. The molecule has 1 unspecified atom stereocenters. The number of amides is 1. The number of aliphatic carboxylic acids is 1.